The number of carbonyl (C=O) groups is 1. The van der Waals surface area contributed by atoms with Crippen molar-refractivity contribution in [2.45, 2.75) is 12.3 Å². The van der Waals surface area contributed by atoms with Crippen molar-refractivity contribution in [1.29, 1.82) is 0 Å². The molecule has 0 fully saturated rings. The first kappa shape index (κ1) is 21.2. The zero-order valence-electron chi connectivity index (χ0n) is 18.5. The first-order chi connectivity index (χ1) is 16.0. The SMILES string of the molecule is COc1cccc(N2C(=O)C[C@@H](c3cc(OC)c4c(c3OC)OCO4)c3sc(=O)n(C)c32)c1. The summed E-state index contributed by atoms with van der Waals surface area (Å²) >= 11 is 1.11. The smallest absolute Gasteiger partial charge is 0.308 e. The molecule has 172 valence electrons. The molecule has 5 rings (SSSR count). The Morgan fingerprint density at radius 1 is 1.03 bits per heavy atom. The predicted molar refractivity (Wildman–Crippen MR) is 122 cm³/mol. The topological polar surface area (TPSA) is 88.5 Å². The third kappa shape index (κ3) is 3.20. The molecule has 2 aliphatic rings. The summed E-state index contributed by atoms with van der Waals surface area (Å²) in [6.07, 6.45) is 0.128. The van der Waals surface area contributed by atoms with Crippen molar-refractivity contribution in [3.8, 4) is 28.7 Å². The molecule has 0 unspecified atom stereocenters. The maximum atomic E-state index is 13.5. The van der Waals surface area contributed by atoms with Gasteiger partial charge in [-0.1, -0.05) is 17.4 Å². The third-order valence-corrected chi connectivity index (χ3v) is 7.00. The van der Waals surface area contributed by atoms with Crippen molar-refractivity contribution in [1.82, 2.24) is 4.57 Å². The van der Waals surface area contributed by atoms with Crippen LogP contribution in [0.4, 0.5) is 11.5 Å². The van der Waals surface area contributed by atoms with E-state index in [0.717, 1.165) is 16.2 Å². The Kier molecular flexibility index (Phi) is 5.16. The molecule has 1 aromatic heterocycles. The number of ether oxygens (including phenoxy) is 5. The van der Waals surface area contributed by atoms with Gasteiger partial charge in [-0.05, 0) is 18.2 Å². The highest BCUT2D eigenvalue weighted by molar-refractivity contribution is 7.10. The number of nitrogens with zero attached hydrogens (tertiary/aromatic N) is 2. The molecular weight excluding hydrogens is 448 g/mol. The first-order valence-electron chi connectivity index (χ1n) is 10.2. The van der Waals surface area contributed by atoms with Crippen LogP contribution in [0.25, 0.3) is 0 Å². The van der Waals surface area contributed by atoms with Crippen molar-refractivity contribution in [3.63, 3.8) is 0 Å². The average Bonchev–Trinajstić information content (AvgIpc) is 3.43. The number of fused-ring (bicyclic) bond motifs is 2. The first-order valence-corrected chi connectivity index (χ1v) is 11.0. The highest BCUT2D eigenvalue weighted by atomic mass is 32.1. The molecule has 0 bridgehead atoms. The summed E-state index contributed by atoms with van der Waals surface area (Å²) in [6.45, 7) is 0.0443. The minimum Gasteiger partial charge on any atom is -0.497 e. The molecule has 0 radical (unpaired) electrons. The van der Waals surface area contributed by atoms with E-state index in [9.17, 15) is 9.59 Å². The zero-order valence-corrected chi connectivity index (χ0v) is 19.4. The van der Waals surface area contributed by atoms with Gasteiger partial charge in [-0.2, -0.15) is 0 Å². The van der Waals surface area contributed by atoms with E-state index in [-0.39, 0.29) is 24.0 Å². The fourth-order valence-electron chi connectivity index (χ4n) is 4.35. The van der Waals surface area contributed by atoms with E-state index in [1.165, 1.54) is 18.8 Å². The molecule has 0 saturated heterocycles. The minimum atomic E-state index is -0.424. The van der Waals surface area contributed by atoms with E-state index in [0.29, 0.717) is 45.8 Å². The van der Waals surface area contributed by atoms with Crippen LogP contribution in [0.3, 0.4) is 0 Å². The molecule has 0 aliphatic carbocycles. The van der Waals surface area contributed by atoms with Crippen molar-refractivity contribution in [2.24, 2.45) is 7.05 Å². The largest absolute Gasteiger partial charge is 0.497 e. The number of rotatable bonds is 5. The molecule has 10 heteroatoms. The lowest BCUT2D eigenvalue weighted by molar-refractivity contribution is -0.118. The molecule has 3 heterocycles. The van der Waals surface area contributed by atoms with Gasteiger partial charge in [0.15, 0.2) is 11.5 Å². The van der Waals surface area contributed by atoms with Gasteiger partial charge in [0.25, 0.3) is 0 Å². The van der Waals surface area contributed by atoms with Gasteiger partial charge in [-0.15, -0.1) is 0 Å². The molecule has 2 aromatic carbocycles. The van der Waals surface area contributed by atoms with E-state index in [1.807, 2.05) is 12.1 Å². The van der Waals surface area contributed by atoms with E-state index in [1.54, 1.807) is 37.3 Å². The van der Waals surface area contributed by atoms with E-state index in [4.69, 9.17) is 23.7 Å². The van der Waals surface area contributed by atoms with Crippen LogP contribution >= 0.6 is 11.3 Å². The lowest BCUT2D eigenvalue weighted by atomic mass is 9.89. The number of benzene rings is 2. The van der Waals surface area contributed by atoms with Crippen LogP contribution < -0.4 is 33.5 Å². The predicted octanol–water partition coefficient (Wildman–Crippen LogP) is 3.40. The van der Waals surface area contributed by atoms with Gasteiger partial charge >= 0.3 is 4.87 Å². The molecular formula is C23H22N2O7S. The summed E-state index contributed by atoms with van der Waals surface area (Å²) in [5.74, 6) is 2.39. The van der Waals surface area contributed by atoms with Crippen LogP contribution in [-0.2, 0) is 11.8 Å². The van der Waals surface area contributed by atoms with Crippen LogP contribution in [-0.4, -0.2) is 38.6 Å². The number of aromatic nitrogens is 1. The molecule has 0 spiro atoms. The van der Waals surface area contributed by atoms with Crippen LogP contribution in [0.2, 0.25) is 0 Å². The maximum Gasteiger partial charge on any atom is 0.308 e. The molecule has 1 amide bonds. The summed E-state index contributed by atoms with van der Waals surface area (Å²) in [5, 5.41) is 0. The van der Waals surface area contributed by atoms with Crippen molar-refractivity contribution in [3.05, 3.63) is 50.4 Å². The monoisotopic (exact) mass is 470 g/mol. The van der Waals surface area contributed by atoms with E-state index >= 15 is 0 Å². The zero-order chi connectivity index (χ0) is 23.3. The highest BCUT2D eigenvalue weighted by Gasteiger charge is 2.40. The third-order valence-electron chi connectivity index (χ3n) is 5.87. The van der Waals surface area contributed by atoms with Gasteiger partial charge < -0.3 is 23.7 Å². The second-order valence-corrected chi connectivity index (χ2v) is 8.56. The molecule has 0 N–H and O–H groups in total. The number of thiazole rings is 1. The Hall–Kier alpha value is -3.66. The standard InChI is InChI=1S/C23H22N2O7S/c1-24-22-21(33-23(24)27)15(10-17(26)25(22)12-6-5-7-13(8-12)28-2)14-9-16(29-3)19-20(18(14)30-4)32-11-31-19/h5-9,15H,10-11H2,1-4H3/t15-/m0/s1. The lowest BCUT2D eigenvalue weighted by Gasteiger charge is -2.33. The molecule has 1 atom stereocenters. The summed E-state index contributed by atoms with van der Waals surface area (Å²) in [7, 11) is 6.31. The van der Waals surface area contributed by atoms with Gasteiger partial charge in [-0.3, -0.25) is 19.1 Å². The van der Waals surface area contributed by atoms with Gasteiger partial charge in [-0.25, -0.2) is 0 Å². The number of methoxy groups -OCH3 is 3. The van der Waals surface area contributed by atoms with Gasteiger partial charge in [0.2, 0.25) is 24.2 Å². The Bertz CT molecular complexity index is 1310. The quantitative estimate of drug-likeness (QED) is 0.565. The van der Waals surface area contributed by atoms with Crippen LogP contribution in [0.1, 0.15) is 22.8 Å². The van der Waals surface area contributed by atoms with Crippen LogP contribution in [0.5, 0.6) is 28.7 Å². The van der Waals surface area contributed by atoms with Crippen molar-refractivity contribution >= 4 is 28.7 Å². The second kappa shape index (κ2) is 8.04. The highest BCUT2D eigenvalue weighted by Crippen LogP contribution is 2.55. The van der Waals surface area contributed by atoms with E-state index < -0.39 is 5.92 Å². The Morgan fingerprint density at radius 2 is 1.82 bits per heavy atom. The Morgan fingerprint density at radius 3 is 2.55 bits per heavy atom. The van der Waals surface area contributed by atoms with Crippen LogP contribution in [0, 0.1) is 0 Å². The fraction of sp³-hybridized carbons (Fsp3) is 0.304. The van der Waals surface area contributed by atoms with E-state index in [2.05, 4.69) is 0 Å². The summed E-state index contributed by atoms with van der Waals surface area (Å²) in [5.41, 5.74) is 1.32. The maximum absolute atomic E-state index is 13.5. The average molecular weight is 471 g/mol. The Balaban J connectivity index is 1.71. The number of amides is 1. The Labute approximate surface area is 193 Å². The van der Waals surface area contributed by atoms with Crippen LogP contribution in [0.15, 0.2) is 35.1 Å². The minimum absolute atomic E-state index is 0.0443. The fourth-order valence-corrected chi connectivity index (χ4v) is 5.43. The number of hydrogen-bond donors (Lipinski definition) is 0. The van der Waals surface area contributed by atoms with Crippen molar-refractivity contribution < 1.29 is 28.5 Å². The lowest BCUT2D eigenvalue weighted by Crippen LogP contribution is -2.34. The molecule has 0 saturated carbocycles. The molecule has 2 aliphatic heterocycles. The second-order valence-electron chi connectivity index (χ2n) is 7.57. The summed E-state index contributed by atoms with van der Waals surface area (Å²) < 4.78 is 29.2. The van der Waals surface area contributed by atoms with Crippen molar-refractivity contribution in [2.75, 3.05) is 33.0 Å². The number of hydrogen-bond acceptors (Lipinski definition) is 8. The number of carbonyl (C=O) groups excluding carboxylic acids is 1. The normalized spacial score (nSPS) is 16.5. The van der Waals surface area contributed by atoms with Gasteiger partial charge in [0.05, 0.1) is 31.9 Å². The number of anilines is 2. The summed E-state index contributed by atoms with van der Waals surface area (Å²) in [4.78, 5) is 28.5. The molecule has 9 nitrogen and oxygen atoms in total. The molecule has 3 aromatic rings. The molecule has 33 heavy (non-hydrogen) atoms. The van der Waals surface area contributed by atoms with Gasteiger partial charge in [0, 0.05) is 31.0 Å². The summed E-state index contributed by atoms with van der Waals surface area (Å²) in [6, 6.07) is 8.99. The van der Waals surface area contributed by atoms with Gasteiger partial charge in [0.1, 0.15) is 11.6 Å².